The van der Waals surface area contributed by atoms with Gasteiger partial charge in [0.2, 0.25) is 0 Å². The number of anilines is 1. The maximum atomic E-state index is 5.83. The van der Waals surface area contributed by atoms with Gasteiger partial charge in [0.25, 0.3) is 5.19 Å². The van der Waals surface area contributed by atoms with Crippen molar-refractivity contribution in [2.24, 2.45) is 0 Å². The van der Waals surface area contributed by atoms with Gasteiger partial charge in [0.1, 0.15) is 0 Å². The summed E-state index contributed by atoms with van der Waals surface area (Å²) < 4.78 is 5.64. The van der Waals surface area contributed by atoms with Crippen molar-refractivity contribution in [3.05, 3.63) is 34.8 Å². The Hall–Kier alpha value is -1.55. The second kappa shape index (κ2) is 3.90. The summed E-state index contributed by atoms with van der Waals surface area (Å²) in [6, 6.07) is 5.69. The van der Waals surface area contributed by atoms with E-state index in [-0.39, 0.29) is 0 Å². The summed E-state index contributed by atoms with van der Waals surface area (Å²) in [5.74, 6) is 0.701. The van der Waals surface area contributed by atoms with E-state index < -0.39 is 0 Å². The highest BCUT2D eigenvalue weighted by Crippen LogP contribution is 2.32. The Balaban J connectivity index is 2.31. The molecule has 0 fully saturated rings. The number of para-hydroxylation sites is 1. The smallest absolute Gasteiger partial charge is 0.278 e. The minimum atomic E-state index is 0.633. The highest BCUT2D eigenvalue weighted by molar-refractivity contribution is 7.11. The molecule has 0 saturated heterocycles. The first kappa shape index (κ1) is 9.98. The molecule has 1 aromatic carbocycles. The lowest BCUT2D eigenvalue weighted by Gasteiger charge is -2.07. The van der Waals surface area contributed by atoms with Gasteiger partial charge >= 0.3 is 0 Å². The summed E-state index contributed by atoms with van der Waals surface area (Å²) in [6.07, 6.45) is 0. The van der Waals surface area contributed by atoms with Crippen LogP contribution in [-0.2, 0) is 0 Å². The molecule has 1 heterocycles. The predicted octanol–water partition coefficient (Wildman–Crippen LogP) is 3.13. The SMILES string of the molecule is Cc1csc(Oc2c(C)cccc2N)n1. The van der Waals surface area contributed by atoms with Gasteiger partial charge < -0.3 is 10.5 Å². The molecule has 2 rings (SSSR count). The summed E-state index contributed by atoms with van der Waals surface area (Å²) in [4.78, 5) is 4.23. The van der Waals surface area contributed by atoms with Gasteiger partial charge in [-0.25, -0.2) is 4.98 Å². The molecule has 0 aliphatic heterocycles. The molecule has 0 saturated carbocycles. The Morgan fingerprint density at radius 3 is 2.73 bits per heavy atom. The van der Waals surface area contributed by atoms with Gasteiger partial charge in [0.15, 0.2) is 5.75 Å². The Morgan fingerprint density at radius 1 is 1.33 bits per heavy atom. The third-order valence-corrected chi connectivity index (χ3v) is 2.86. The summed E-state index contributed by atoms with van der Waals surface area (Å²) in [6.45, 7) is 3.90. The number of nitrogen functional groups attached to an aromatic ring is 1. The first-order chi connectivity index (χ1) is 7.16. The van der Waals surface area contributed by atoms with Crippen molar-refractivity contribution in [3.8, 4) is 10.9 Å². The van der Waals surface area contributed by atoms with Crippen LogP contribution in [0, 0.1) is 13.8 Å². The number of aromatic nitrogens is 1. The average molecular weight is 220 g/mol. The third kappa shape index (κ3) is 2.10. The topological polar surface area (TPSA) is 48.1 Å². The molecule has 0 atom stereocenters. The molecule has 0 unspecified atom stereocenters. The molecule has 0 spiro atoms. The molecular formula is C11H12N2OS. The van der Waals surface area contributed by atoms with Gasteiger partial charge in [0.05, 0.1) is 11.4 Å². The molecule has 0 radical (unpaired) electrons. The van der Waals surface area contributed by atoms with Crippen molar-refractivity contribution in [2.45, 2.75) is 13.8 Å². The quantitative estimate of drug-likeness (QED) is 0.791. The summed E-state index contributed by atoms with van der Waals surface area (Å²) >= 11 is 1.47. The van der Waals surface area contributed by atoms with Crippen LogP contribution in [0.2, 0.25) is 0 Å². The van der Waals surface area contributed by atoms with Crippen molar-refractivity contribution in [2.75, 3.05) is 5.73 Å². The number of benzene rings is 1. The second-order valence-corrected chi connectivity index (χ2v) is 4.17. The number of nitrogens with zero attached hydrogens (tertiary/aromatic N) is 1. The molecule has 3 nitrogen and oxygen atoms in total. The van der Waals surface area contributed by atoms with Crippen LogP contribution in [0.3, 0.4) is 0 Å². The van der Waals surface area contributed by atoms with E-state index in [1.165, 1.54) is 11.3 Å². The van der Waals surface area contributed by atoms with E-state index in [0.29, 0.717) is 16.6 Å². The van der Waals surface area contributed by atoms with Crippen LogP contribution in [0.15, 0.2) is 23.6 Å². The van der Waals surface area contributed by atoms with Crippen LogP contribution in [0.1, 0.15) is 11.3 Å². The number of aryl methyl sites for hydroxylation is 2. The number of hydrogen-bond donors (Lipinski definition) is 1. The first-order valence-corrected chi connectivity index (χ1v) is 5.50. The number of rotatable bonds is 2. The second-order valence-electron chi connectivity index (χ2n) is 3.35. The molecule has 2 aromatic rings. The van der Waals surface area contributed by atoms with Crippen molar-refractivity contribution in [3.63, 3.8) is 0 Å². The van der Waals surface area contributed by atoms with Crippen LogP contribution in [0.25, 0.3) is 0 Å². The zero-order valence-corrected chi connectivity index (χ0v) is 9.47. The average Bonchev–Trinajstić information content (AvgIpc) is 2.58. The van der Waals surface area contributed by atoms with E-state index in [1.807, 2.05) is 37.4 Å². The predicted molar refractivity (Wildman–Crippen MR) is 62.5 cm³/mol. The number of hydrogen-bond acceptors (Lipinski definition) is 4. The largest absolute Gasteiger partial charge is 0.428 e. The van der Waals surface area contributed by atoms with Crippen LogP contribution in [0.4, 0.5) is 5.69 Å². The maximum Gasteiger partial charge on any atom is 0.278 e. The third-order valence-electron chi connectivity index (χ3n) is 2.03. The van der Waals surface area contributed by atoms with Crippen LogP contribution < -0.4 is 10.5 Å². The molecule has 4 heteroatoms. The molecule has 0 amide bonds. The standard InChI is InChI=1S/C11H12N2OS/c1-7-4-3-5-9(12)10(7)14-11-13-8(2)6-15-11/h3-6H,12H2,1-2H3. The molecule has 78 valence electrons. The van der Waals surface area contributed by atoms with Crippen molar-refractivity contribution >= 4 is 17.0 Å². The zero-order chi connectivity index (χ0) is 10.8. The van der Waals surface area contributed by atoms with E-state index in [4.69, 9.17) is 10.5 Å². The van der Waals surface area contributed by atoms with Gasteiger partial charge in [-0.05, 0) is 25.5 Å². The van der Waals surface area contributed by atoms with Crippen molar-refractivity contribution in [1.82, 2.24) is 4.98 Å². The fourth-order valence-electron chi connectivity index (χ4n) is 1.28. The maximum absolute atomic E-state index is 5.83. The molecule has 0 bridgehead atoms. The highest BCUT2D eigenvalue weighted by Gasteiger charge is 2.07. The van der Waals surface area contributed by atoms with Crippen molar-refractivity contribution < 1.29 is 4.74 Å². The van der Waals surface area contributed by atoms with E-state index in [1.54, 1.807) is 0 Å². The first-order valence-electron chi connectivity index (χ1n) is 4.62. The monoisotopic (exact) mass is 220 g/mol. The summed E-state index contributed by atoms with van der Waals surface area (Å²) in [5, 5.41) is 2.58. The lowest BCUT2D eigenvalue weighted by atomic mass is 10.2. The Labute approximate surface area is 92.5 Å². The lowest BCUT2D eigenvalue weighted by molar-refractivity contribution is 0.476. The zero-order valence-electron chi connectivity index (χ0n) is 8.65. The Kier molecular flexibility index (Phi) is 2.60. The van der Waals surface area contributed by atoms with E-state index in [9.17, 15) is 0 Å². The van der Waals surface area contributed by atoms with E-state index >= 15 is 0 Å². The van der Waals surface area contributed by atoms with Gasteiger partial charge in [-0.15, -0.1) is 0 Å². The summed E-state index contributed by atoms with van der Waals surface area (Å²) in [5.41, 5.74) is 8.45. The molecule has 1 aromatic heterocycles. The van der Waals surface area contributed by atoms with Crippen LogP contribution in [-0.4, -0.2) is 4.98 Å². The molecule has 0 aliphatic carbocycles. The Morgan fingerprint density at radius 2 is 2.13 bits per heavy atom. The fourth-order valence-corrected chi connectivity index (χ4v) is 1.93. The van der Waals surface area contributed by atoms with Crippen LogP contribution in [0.5, 0.6) is 10.9 Å². The lowest BCUT2D eigenvalue weighted by Crippen LogP contribution is -1.93. The molecule has 0 aliphatic rings. The van der Waals surface area contributed by atoms with Crippen molar-refractivity contribution in [1.29, 1.82) is 0 Å². The highest BCUT2D eigenvalue weighted by atomic mass is 32.1. The number of nitrogens with two attached hydrogens (primary N) is 1. The molecule has 2 N–H and O–H groups in total. The van der Waals surface area contributed by atoms with Gasteiger partial charge in [-0.3, -0.25) is 0 Å². The van der Waals surface area contributed by atoms with Crippen LogP contribution >= 0.6 is 11.3 Å². The van der Waals surface area contributed by atoms with Gasteiger partial charge in [-0.1, -0.05) is 23.5 Å². The molecule has 15 heavy (non-hydrogen) atoms. The van der Waals surface area contributed by atoms with Gasteiger partial charge in [-0.2, -0.15) is 0 Å². The number of thiazole rings is 1. The van der Waals surface area contributed by atoms with E-state index in [0.717, 1.165) is 11.3 Å². The van der Waals surface area contributed by atoms with E-state index in [2.05, 4.69) is 4.98 Å². The van der Waals surface area contributed by atoms with Gasteiger partial charge in [0, 0.05) is 5.38 Å². The summed E-state index contributed by atoms with van der Waals surface area (Å²) in [7, 11) is 0. The normalized spacial score (nSPS) is 10.3. The fraction of sp³-hybridized carbons (Fsp3) is 0.182. The minimum absolute atomic E-state index is 0.633. The molecular weight excluding hydrogens is 208 g/mol. The minimum Gasteiger partial charge on any atom is -0.428 e. The Bertz CT molecular complexity index is 459. The number of ether oxygens (including phenoxy) is 1.